The summed E-state index contributed by atoms with van der Waals surface area (Å²) in [6.45, 7) is 1.19. The molecule has 0 bridgehead atoms. The van der Waals surface area contributed by atoms with Gasteiger partial charge in [-0.15, -0.1) is 6.42 Å². The SMILES string of the molecule is C#CCN1CCCC(n2ccc3ccccc32)C1=O. The molecule has 3 heteroatoms. The number of terminal acetylenes is 1. The zero-order valence-corrected chi connectivity index (χ0v) is 10.7. The molecule has 1 aromatic heterocycles. The van der Waals surface area contributed by atoms with Crippen LogP contribution in [0.25, 0.3) is 10.9 Å². The van der Waals surface area contributed by atoms with Crippen LogP contribution in [0.4, 0.5) is 0 Å². The normalized spacial score (nSPS) is 19.6. The van der Waals surface area contributed by atoms with Crippen LogP contribution in [0.15, 0.2) is 36.5 Å². The lowest BCUT2D eigenvalue weighted by molar-refractivity contribution is -0.136. The predicted octanol–water partition coefficient (Wildman–Crippen LogP) is 2.44. The van der Waals surface area contributed by atoms with Crippen LogP contribution < -0.4 is 0 Å². The van der Waals surface area contributed by atoms with Gasteiger partial charge in [-0.2, -0.15) is 0 Å². The number of rotatable bonds is 2. The van der Waals surface area contributed by atoms with Crippen LogP contribution in [0.3, 0.4) is 0 Å². The number of para-hydroxylation sites is 1. The molecule has 3 nitrogen and oxygen atoms in total. The van der Waals surface area contributed by atoms with Crippen molar-refractivity contribution in [1.29, 1.82) is 0 Å². The van der Waals surface area contributed by atoms with Crippen LogP contribution in [0.5, 0.6) is 0 Å². The third-order valence-electron chi connectivity index (χ3n) is 3.75. The maximum atomic E-state index is 12.5. The van der Waals surface area contributed by atoms with Crippen molar-refractivity contribution in [2.45, 2.75) is 18.9 Å². The van der Waals surface area contributed by atoms with Gasteiger partial charge in [0, 0.05) is 18.3 Å². The van der Waals surface area contributed by atoms with Crippen molar-refractivity contribution < 1.29 is 4.79 Å². The zero-order valence-electron chi connectivity index (χ0n) is 10.7. The van der Waals surface area contributed by atoms with Crippen LogP contribution in [0.2, 0.25) is 0 Å². The smallest absolute Gasteiger partial charge is 0.246 e. The molecule has 1 aromatic carbocycles. The van der Waals surface area contributed by atoms with Crippen molar-refractivity contribution >= 4 is 16.8 Å². The van der Waals surface area contributed by atoms with Gasteiger partial charge in [-0.05, 0) is 30.4 Å². The van der Waals surface area contributed by atoms with E-state index < -0.39 is 0 Å². The monoisotopic (exact) mass is 252 g/mol. The summed E-state index contributed by atoms with van der Waals surface area (Å²) in [7, 11) is 0. The minimum atomic E-state index is -0.109. The molecular formula is C16H16N2O. The fourth-order valence-corrected chi connectivity index (χ4v) is 2.82. The lowest BCUT2D eigenvalue weighted by atomic mass is 10.0. The highest BCUT2D eigenvalue weighted by atomic mass is 16.2. The molecule has 1 aliphatic rings. The average molecular weight is 252 g/mol. The van der Waals surface area contributed by atoms with Gasteiger partial charge in [0.25, 0.3) is 0 Å². The number of nitrogens with zero attached hydrogens (tertiary/aromatic N) is 2. The van der Waals surface area contributed by atoms with E-state index in [1.165, 1.54) is 5.39 Å². The number of hydrogen-bond donors (Lipinski definition) is 0. The molecule has 1 unspecified atom stereocenters. The zero-order chi connectivity index (χ0) is 13.2. The van der Waals surface area contributed by atoms with Gasteiger partial charge in [-0.25, -0.2) is 0 Å². The van der Waals surface area contributed by atoms with Crippen LogP contribution in [-0.4, -0.2) is 28.5 Å². The van der Waals surface area contributed by atoms with E-state index in [-0.39, 0.29) is 11.9 Å². The first kappa shape index (κ1) is 11.9. The lowest BCUT2D eigenvalue weighted by Gasteiger charge is -2.32. The van der Waals surface area contributed by atoms with Crippen LogP contribution in [0, 0.1) is 12.3 Å². The van der Waals surface area contributed by atoms with E-state index in [0.717, 1.165) is 24.9 Å². The third kappa shape index (κ3) is 2.00. The van der Waals surface area contributed by atoms with Gasteiger partial charge in [0.2, 0.25) is 5.91 Å². The van der Waals surface area contributed by atoms with Gasteiger partial charge in [0.1, 0.15) is 6.04 Å². The summed E-state index contributed by atoms with van der Waals surface area (Å²) in [5.41, 5.74) is 1.11. The van der Waals surface area contributed by atoms with E-state index in [1.54, 1.807) is 4.90 Å². The molecule has 0 saturated carbocycles. The highest BCUT2D eigenvalue weighted by Gasteiger charge is 2.29. The molecule has 3 rings (SSSR count). The molecule has 96 valence electrons. The van der Waals surface area contributed by atoms with E-state index in [9.17, 15) is 4.79 Å². The van der Waals surface area contributed by atoms with E-state index >= 15 is 0 Å². The standard InChI is InChI=1S/C16H16N2O/c1-2-10-17-11-5-8-15(16(17)19)18-12-9-13-6-3-4-7-14(13)18/h1,3-4,6-7,9,12,15H,5,8,10-11H2. The second kappa shape index (κ2) is 4.81. The molecule has 1 saturated heterocycles. The van der Waals surface area contributed by atoms with Gasteiger partial charge in [0.05, 0.1) is 6.54 Å². The first-order chi connectivity index (χ1) is 9.31. The van der Waals surface area contributed by atoms with Crippen LogP contribution >= 0.6 is 0 Å². The molecule has 0 spiro atoms. The molecule has 0 radical (unpaired) electrons. The fourth-order valence-electron chi connectivity index (χ4n) is 2.82. The number of hydrogen-bond acceptors (Lipinski definition) is 1. The third-order valence-corrected chi connectivity index (χ3v) is 3.75. The largest absolute Gasteiger partial charge is 0.335 e. The molecule has 1 amide bonds. The summed E-state index contributed by atoms with van der Waals surface area (Å²) in [5.74, 6) is 2.71. The van der Waals surface area contributed by atoms with E-state index in [4.69, 9.17) is 6.42 Å². The van der Waals surface area contributed by atoms with Crippen molar-refractivity contribution in [1.82, 2.24) is 9.47 Å². The maximum Gasteiger partial charge on any atom is 0.246 e. The molecule has 1 fully saturated rings. The molecule has 0 N–H and O–H groups in total. The minimum Gasteiger partial charge on any atom is -0.335 e. The minimum absolute atomic E-state index is 0.109. The second-order valence-electron chi connectivity index (χ2n) is 4.90. The van der Waals surface area contributed by atoms with Crippen LogP contribution in [0.1, 0.15) is 18.9 Å². The first-order valence-corrected chi connectivity index (χ1v) is 6.59. The molecule has 1 aliphatic heterocycles. The Morgan fingerprint density at radius 3 is 3.00 bits per heavy atom. The van der Waals surface area contributed by atoms with Gasteiger partial charge < -0.3 is 9.47 Å². The Labute approximate surface area is 112 Å². The molecule has 19 heavy (non-hydrogen) atoms. The Hall–Kier alpha value is -2.21. The maximum absolute atomic E-state index is 12.5. The number of carbonyl (C=O) groups is 1. The highest BCUT2D eigenvalue weighted by molar-refractivity contribution is 5.86. The molecule has 2 aromatic rings. The number of likely N-dealkylation sites (tertiary alicyclic amines) is 1. The van der Waals surface area contributed by atoms with Gasteiger partial charge >= 0.3 is 0 Å². The van der Waals surface area contributed by atoms with Crippen molar-refractivity contribution in [2.75, 3.05) is 13.1 Å². The van der Waals surface area contributed by atoms with Crippen molar-refractivity contribution in [2.24, 2.45) is 0 Å². The molecule has 2 heterocycles. The van der Waals surface area contributed by atoms with Crippen molar-refractivity contribution in [3.8, 4) is 12.3 Å². The first-order valence-electron chi connectivity index (χ1n) is 6.59. The molecule has 1 atom stereocenters. The van der Waals surface area contributed by atoms with E-state index in [2.05, 4.69) is 28.7 Å². The van der Waals surface area contributed by atoms with Gasteiger partial charge in [-0.3, -0.25) is 4.79 Å². The average Bonchev–Trinajstić information content (AvgIpc) is 2.85. The molecule has 0 aliphatic carbocycles. The Bertz CT molecular complexity index is 650. The Kier molecular flexibility index (Phi) is 3.00. The lowest BCUT2D eigenvalue weighted by Crippen LogP contribution is -2.42. The predicted molar refractivity (Wildman–Crippen MR) is 75.6 cm³/mol. The second-order valence-corrected chi connectivity index (χ2v) is 4.90. The number of benzene rings is 1. The number of piperidine rings is 1. The summed E-state index contributed by atoms with van der Waals surface area (Å²) < 4.78 is 2.08. The number of fused-ring (bicyclic) bond motifs is 1. The van der Waals surface area contributed by atoms with Crippen LogP contribution in [-0.2, 0) is 4.79 Å². The summed E-state index contributed by atoms with van der Waals surface area (Å²) in [4.78, 5) is 14.2. The summed E-state index contributed by atoms with van der Waals surface area (Å²) in [6.07, 6.45) is 9.22. The van der Waals surface area contributed by atoms with Gasteiger partial charge in [-0.1, -0.05) is 24.1 Å². The summed E-state index contributed by atoms with van der Waals surface area (Å²) in [6, 6.07) is 10.1. The number of amides is 1. The quantitative estimate of drug-likeness (QED) is 0.754. The summed E-state index contributed by atoms with van der Waals surface area (Å²) in [5, 5.41) is 1.17. The Morgan fingerprint density at radius 2 is 2.16 bits per heavy atom. The van der Waals surface area contributed by atoms with Crippen molar-refractivity contribution in [3.63, 3.8) is 0 Å². The number of carbonyl (C=O) groups excluding carboxylic acids is 1. The molecular weight excluding hydrogens is 236 g/mol. The number of aromatic nitrogens is 1. The van der Waals surface area contributed by atoms with Crippen molar-refractivity contribution in [3.05, 3.63) is 36.5 Å². The highest BCUT2D eigenvalue weighted by Crippen LogP contribution is 2.27. The summed E-state index contributed by atoms with van der Waals surface area (Å²) >= 11 is 0. The Morgan fingerprint density at radius 1 is 1.32 bits per heavy atom. The van der Waals surface area contributed by atoms with Gasteiger partial charge in [0.15, 0.2) is 0 Å². The van der Waals surface area contributed by atoms with E-state index in [0.29, 0.717) is 6.54 Å². The topological polar surface area (TPSA) is 25.2 Å². The fraction of sp³-hybridized carbons (Fsp3) is 0.312. The Balaban J connectivity index is 1.97. The van der Waals surface area contributed by atoms with E-state index in [1.807, 2.05) is 18.3 Å².